The number of amides is 1. The summed E-state index contributed by atoms with van der Waals surface area (Å²) in [5.74, 6) is 1.34. The van der Waals surface area contributed by atoms with Crippen LogP contribution in [0.15, 0.2) is 52.4 Å². The van der Waals surface area contributed by atoms with Crippen molar-refractivity contribution in [3.8, 4) is 10.7 Å². The van der Waals surface area contributed by atoms with Crippen LogP contribution in [0.4, 0.5) is 0 Å². The fourth-order valence-corrected chi connectivity index (χ4v) is 3.97. The molecule has 2 atom stereocenters. The molecule has 4 rings (SSSR count). The van der Waals surface area contributed by atoms with E-state index in [9.17, 15) is 4.79 Å². The van der Waals surface area contributed by atoms with Gasteiger partial charge in [0.05, 0.1) is 4.88 Å². The summed E-state index contributed by atoms with van der Waals surface area (Å²) < 4.78 is 5.26. The lowest BCUT2D eigenvalue weighted by molar-refractivity contribution is -0.130. The number of benzene rings is 1. The third-order valence-electron chi connectivity index (χ3n) is 4.71. The molecular weight excluding hydrogens is 348 g/mol. The highest BCUT2D eigenvalue weighted by atomic mass is 32.1. The second-order valence-corrected chi connectivity index (χ2v) is 7.42. The summed E-state index contributed by atoms with van der Waals surface area (Å²) in [6, 6.07) is 14.0. The average Bonchev–Trinajstić information content (AvgIpc) is 3.40. The van der Waals surface area contributed by atoms with Crippen molar-refractivity contribution in [2.75, 3.05) is 13.1 Å². The standard InChI is InChI=1S/C19H20N4O2S/c20-15-12-23(11-14(15)13-5-2-1-3-6-13)18(24)9-8-17-21-19(22-25-17)16-7-4-10-26-16/h1-7,10,14-15H,8-9,11-12,20H2/t14-,15+/m0/s1. The van der Waals surface area contributed by atoms with Crippen molar-refractivity contribution in [3.05, 3.63) is 59.3 Å². The van der Waals surface area contributed by atoms with Gasteiger partial charge in [0.2, 0.25) is 17.6 Å². The van der Waals surface area contributed by atoms with Gasteiger partial charge in [-0.25, -0.2) is 0 Å². The SMILES string of the molecule is N[C@@H]1CN(C(=O)CCc2nc(-c3cccs3)no2)C[C@H]1c1ccccc1. The van der Waals surface area contributed by atoms with Gasteiger partial charge in [-0.2, -0.15) is 4.98 Å². The molecule has 1 aliphatic heterocycles. The predicted molar refractivity (Wildman–Crippen MR) is 99.7 cm³/mol. The molecule has 2 N–H and O–H groups in total. The van der Waals surface area contributed by atoms with Crippen LogP contribution in [0.25, 0.3) is 10.7 Å². The Hall–Kier alpha value is -2.51. The Bertz CT molecular complexity index is 863. The van der Waals surface area contributed by atoms with Crippen LogP contribution in [0, 0.1) is 0 Å². The van der Waals surface area contributed by atoms with Gasteiger partial charge < -0.3 is 15.2 Å². The number of rotatable bonds is 5. The van der Waals surface area contributed by atoms with Gasteiger partial charge in [0, 0.05) is 37.9 Å². The molecule has 1 amide bonds. The van der Waals surface area contributed by atoms with Gasteiger partial charge in [-0.1, -0.05) is 41.6 Å². The molecule has 6 nitrogen and oxygen atoms in total. The molecule has 1 aromatic carbocycles. The maximum Gasteiger partial charge on any atom is 0.227 e. The quantitative estimate of drug-likeness (QED) is 0.748. The van der Waals surface area contributed by atoms with Crippen LogP contribution in [0.1, 0.15) is 23.8 Å². The van der Waals surface area contributed by atoms with E-state index in [-0.39, 0.29) is 17.9 Å². The first-order valence-electron chi connectivity index (χ1n) is 8.65. The average molecular weight is 368 g/mol. The number of nitrogens with two attached hydrogens (primary N) is 1. The Labute approximate surface area is 155 Å². The zero-order valence-corrected chi connectivity index (χ0v) is 15.1. The molecule has 7 heteroatoms. The fraction of sp³-hybridized carbons (Fsp3) is 0.316. The fourth-order valence-electron chi connectivity index (χ4n) is 3.32. The monoisotopic (exact) mass is 368 g/mol. The normalized spacial score (nSPS) is 19.8. The third-order valence-corrected chi connectivity index (χ3v) is 5.57. The second kappa shape index (κ2) is 7.39. The molecule has 1 saturated heterocycles. The van der Waals surface area contributed by atoms with Crippen molar-refractivity contribution < 1.29 is 9.32 Å². The van der Waals surface area contributed by atoms with Gasteiger partial charge in [0.25, 0.3) is 0 Å². The lowest BCUT2D eigenvalue weighted by atomic mass is 9.95. The number of aromatic nitrogens is 2. The molecule has 0 radical (unpaired) electrons. The van der Waals surface area contributed by atoms with Gasteiger partial charge in [0.1, 0.15) is 0 Å². The molecule has 0 spiro atoms. The molecule has 0 bridgehead atoms. The summed E-state index contributed by atoms with van der Waals surface area (Å²) >= 11 is 1.56. The number of nitrogens with zero attached hydrogens (tertiary/aromatic N) is 3. The molecule has 2 aromatic heterocycles. The van der Waals surface area contributed by atoms with E-state index in [0.717, 1.165) is 4.88 Å². The first-order valence-corrected chi connectivity index (χ1v) is 9.53. The summed E-state index contributed by atoms with van der Waals surface area (Å²) in [6.45, 7) is 1.25. The minimum atomic E-state index is -0.0322. The molecule has 134 valence electrons. The summed E-state index contributed by atoms with van der Waals surface area (Å²) in [7, 11) is 0. The largest absolute Gasteiger partial charge is 0.340 e. The van der Waals surface area contributed by atoms with Gasteiger partial charge in [-0.3, -0.25) is 4.79 Å². The Morgan fingerprint density at radius 3 is 2.85 bits per heavy atom. The van der Waals surface area contributed by atoms with E-state index in [4.69, 9.17) is 10.3 Å². The summed E-state index contributed by atoms with van der Waals surface area (Å²) in [5, 5.41) is 5.94. The highest BCUT2D eigenvalue weighted by Gasteiger charge is 2.33. The summed E-state index contributed by atoms with van der Waals surface area (Å²) in [4.78, 5) is 19.7. The van der Waals surface area contributed by atoms with Crippen molar-refractivity contribution in [1.82, 2.24) is 15.0 Å². The Morgan fingerprint density at radius 2 is 2.08 bits per heavy atom. The maximum absolute atomic E-state index is 12.6. The lowest BCUT2D eigenvalue weighted by Gasteiger charge is -2.16. The van der Waals surface area contributed by atoms with E-state index < -0.39 is 0 Å². The van der Waals surface area contributed by atoms with Crippen LogP contribution in [0.3, 0.4) is 0 Å². The van der Waals surface area contributed by atoms with Crippen molar-refractivity contribution in [2.24, 2.45) is 5.73 Å². The Balaban J connectivity index is 1.34. The first-order chi connectivity index (χ1) is 12.7. The molecule has 3 aromatic rings. The second-order valence-electron chi connectivity index (χ2n) is 6.47. The molecular formula is C19H20N4O2S. The number of carbonyl (C=O) groups is 1. The van der Waals surface area contributed by atoms with Gasteiger partial charge in [-0.05, 0) is 17.0 Å². The molecule has 0 unspecified atom stereocenters. The van der Waals surface area contributed by atoms with Crippen molar-refractivity contribution in [1.29, 1.82) is 0 Å². The number of hydrogen-bond acceptors (Lipinski definition) is 6. The maximum atomic E-state index is 12.6. The van der Waals surface area contributed by atoms with Crippen LogP contribution < -0.4 is 5.73 Å². The number of aryl methyl sites for hydroxylation is 1. The molecule has 0 saturated carbocycles. The zero-order chi connectivity index (χ0) is 17.9. The number of hydrogen-bond donors (Lipinski definition) is 1. The lowest BCUT2D eigenvalue weighted by Crippen LogP contribution is -2.32. The Morgan fingerprint density at radius 1 is 1.23 bits per heavy atom. The molecule has 1 aliphatic rings. The van der Waals surface area contributed by atoms with Crippen molar-refractivity contribution in [2.45, 2.75) is 24.8 Å². The Kier molecular flexibility index (Phi) is 4.81. The summed E-state index contributed by atoms with van der Waals surface area (Å²) in [5.41, 5.74) is 7.46. The predicted octanol–water partition coefficient (Wildman–Crippen LogP) is 2.68. The highest BCUT2D eigenvalue weighted by molar-refractivity contribution is 7.13. The number of carbonyl (C=O) groups excluding carboxylic acids is 1. The molecule has 0 aliphatic carbocycles. The third kappa shape index (κ3) is 3.54. The number of likely N-dealkylation sites (tertiary alicyclic amines) is 1. The van der Waals surface area contributed by atoms with Crippen LogP contribution in [0.2, 0.25) is 0 Å². The first kappa shape index (κ1) is 16.9. The smallest absolute Gasteiger partial charge is 0.227 e. The van der Waals surface area contributed by atoms with Crippen LogP contribution >= 0.6 is 11.3 Å². The minimum Gasteiger partial charge on any atom is -0.340 e. The highest BCUT2D eigenvalue weighted by Crippen LogP contribution is 2.27. The topological polar surface area (TPSA) is 85.2 Å². The van der Waals surface area contributed by atoms with E-state index in [1.165, 1.54) is 5.56 Å². The van der Waals surface area contributed by atoms with Crippen LogP contribution in [-0.4, -0.2) is 40.1 Å². The van der Waals surface area contributed by atoms with Gasteiger partial charge in [0.15, 0.2) is 0 Å². The molecule has 1 fully saturated rings. The van der Waals surface area contributed by atoms with E-state index >= 15 is 0 Å². The zero-order valence-electron chi connectivity index (χ0n) is 14.2. The van der Waals surface area contributed by atoms with Crippen molar-refractivity contribution in [3.63, 3.8) is 0 Å². The summed E-state index contributed by atoms with van der Waals surface area (Å²) in [6.07, 6.45) is 0.791. The van der Waals surface area contributed by atoms with Crippen molar-refractivity contribution >= 4 is 17.2 Å². The molecule has 26 heavy (non-hydrogen) atoms. The van der Waals surface area contributed by atoms with Gasteiger partial charge >= 0.3 is 0 Å². The molecule has 3 heterocycles. The minimum absolute atomic E-state index is 0.0322. The van der Waals surface area contributed by atoms with Crippen LogP contribution in [0.5, 0.6) is 0 Å². The van der Waals surface area contributed by atoms with E-state index in [1.54, 1.807) is 11.3 Å². The van der Waals surface area contributed by atoms with E-state index in [0.29, 0.717) is 37.6 Å². The van der Waals surface area contributed by atoms with Gasteiger partial charge in [-0.15, -0.1) is 11.3 Å². The van der Waals surface area contributed by atoms with Crippen LogP contribution in [-0.2, 0) is 11.2 Å². The van der Waals surface area contributed by atoms with E-state index in [2.05, 4.69) is 22.3 Å². The van der Waals surface area contributed by atoms with E-state index in [1.807, 2.05) is 40.6 Å². The number of thiophene rings is 1.